The number of nitrogens with zero attached hydrogens (tertiary/aromatic N) is 1. The number of likely N-dealkylation sites (tertiary alicyclic amines) is 1. The fourth-order valence-electron chi connectivity index (χ4n) is 3.15. The Labute approximate surface area is 178 Å². The van der Waals surface area contributed by atoms with E-state index in [-0.39, 0.29) is 19.2 Å². The quantitative estimate of drug-likeness (QED) is 0.596. The molecule has 1 saturated heterocycles. The summed E-state index contributed by atoms with van der Waals surface area (Å²) in [5.41, 5.74) is 0.431. The fourth-order valence-corrected chi connectivity index (χ4v) is 3.15. The zero-order valence-corrected chi connectivity index (χ0v) is 18.2. The summed E-state index contributed by atoms with van der Waals surface area (Å²) in [6.45, 7) is 8.42. The highest BCUT2D eigenvalue weighted by molar-refractivity contribution is 5.68. The molecule has 1 fully saturated rings. The van der Waals surface area contributed by atoms with Crippen molar-refractivity contribution in [3.05, 3.63) is 35.9 Å². The predicted octanol–water partition coefficient (Wildman–Crippen LogP) is 2.51. The third-order valence-corrected chi connectivity index (χ3v) is 4.77. The number of aliphatic hydroxyl groups is 1. The van der Waals surface area contributed by atoms with Gasteiger partial charge < -0.3 is 30.1 Å². The average Bonchev–Trinajstić information content (AvgIpc) is 2.70. The highest BCUT2D eigenvalue weighted by Gasteiger charge is 2.26. The summed E-state index contributed by atoms with van der Waals surface area (Å²) in [4.78, 5) is 25.5. The van der Waals surface area contributed by atoms with Crippen LogP contribution in [0.3, 0.4) is 0 Å². The molecule has 30 heavy (non-hydrogen) atoms. The lowest BCUT2D eigenvalue weighted by Gasteiger charge is -2.33. The van der Waals surface area contributed by atoms with Crippen molar-refractivity contribution in [3.8, 4) is 0 Å². The first-order valence-electron chi connectivity index (χ1n) is 10.5. The molecule has 1 atom stereocenters. The molecule has 0 spiro atoms. The van der Waals surface area contributed by atoms with E-state index >= 15 is 0 Å². The molecule has 1 heterocycles. The smallest absolute Gasteiger partial charge is 0.410 e. The van der Waals surface area contributed by atoms with Gasteiger partial charge in [0.1, 0.15) is 12.2 Å². The number of ether oxygens (including phenoxy) is 2. The summed E-state index contributed by atoms with van der Waals surface area (Å²) in [7, 11) is 0. The van der Waals surface area contributed by atoms with Crippen molar-refractivity contribution in [2.24, 2.45) is 5.92 Å². The topological polar surface area (TPSA) is 100 Å². The minimum Gasteiger partial charge on any atom is -0.445 e. The van der Waals surface area contributed by atoms with Crippen molar-refractivity contribution < 1.29 is 24.2 Å². The van der Waals surface area contributed by atoms with Gasteiger partial charge in [-0.1, -0.05) is 30.3 Å². The maximum atomic E-state index is 12.1. The SMILES string of the molecule is CC(C)(C)OC(=O)N1CCC(CNCC(O)CNC(=O)OCc2ccccc2)CC1. The molecule has 1 unspecified atom stereocenters. The van der Waals surface area contributed by atoms with Gasteiger partial charge in [-0.25, -0.2) is 9.59 Å². The van der Waals surface area contributed by atoms with Crippen LogP contribution in [0.2, 0.25) is 0 Å². The second-order valence-electron chi connectivity index (χ2n) is 8.67. The van der Waals surface area contributed by atoms with E-state index in [4.69, 9.17) is 9.47 Å². The Morgan fingerprint density at radius 1 is 1.17 bits per heavy atom. The number of carbonyl (C=O) groups is 2. The lowest BCUT2D eigenvalue weighted by molar-refractivity contribution is 0.0183. The summed E-state index contributed by atoms with van der Waals surface area (Å²) in [5, 5.41) is 15.8. The summed E-state index contributed by atoms with van der Waals surface area (Å²) >= 11 is 0. The molecular weight excluding hydrogens is 386 g/mol. The predicted molar refractivity (Wildman–Crippen MR) is 114 cm³/mol. The molecular formula is C22H35N3O5. The van der Waals surface area contributed by atoms with E-state index in [0.717, 1.165) is 24.9 Å². The van der Waals surface area contributed by atoms with Crippen molar-refractivity contribution in [1.82, 2.24) is 15.5 Å². The molecule has 8 heteroatoms. The molecule has 1 aliphatic rings. The summed E-state index contributed by atoms with van der Waals surface area (Å²) < 4.78 is 10.5. The van der Waals surface area contributed by atoms with Crippen LogP contribution < -0.4 is 10.6 Å². The maximum Gasteiger partial charge on any atom is 0.410 e. The van der Waals surface area contributed by atoms with E-state index in [1.807, 2.05) is 51.1 Å². The number of rotatable bonds is 8. The molecule has 0 saturated carbocycles. The second kappa shape index (κ2) is 11.8. The van der Waals surface area contributed by atoms with Gasteiger partial charge in [0.05, 0.1) is 6.10 Å². The Balaban J connectivity index is 1.53. The summed E-state index contributed by atoms with van der Waals surface area (Å²) in [6, 6.07) is 9.42. The summed E-state index contributed by atoms with van der Waals surface area (Å²) in [6.07, 6.45) is 0.289. The van der Waals surface area contributed by atoms with Crippen molar-refractivity contribution in [2.75, 3.05) is 32.7 Å². The molecule has 168 valence electrons. The molecule has 0 aromatic heterocycles. The molecule has 1 aromatic carbocycles. The highest BCUT2D eigenvalue weighted by atomic mass is 16.6. The number of nitrogens with one attached hydrogen (secondary N) is 2. The Kier molecular flexibility index (Phi) is 9.39. The minimum atomic E-state index is -0.698. The number of aliphatic hydroxyl groups excluding tert-OH is 1. The monoisotopic (exact) mass is 421 g/mol. The second-order valence-corrected chi connectivity index (χ2v) is 8.67. The first-order valence-corrected chi connectivity index (χ1v) is 10.5. The number of benzene rings is 1. The molecule has 0 bridgehead atoms. The van der Waals surface area contributed by atoms with Crippen molar-refractivity contribution in [1.29, 1.82) is 0 Å². The van der Waals surface area contributed by atoms with E-state index in [9.17, 15) is 14.7 Å². The van der Waals surface area contributed by atoms with E-state index in [2.05, 4.69) is 10.6 Å². The van der Waals surface area contributed by atoms with Gasteiger partial charge >= 0.3 is 12.2 Å². The zero-order chi connectivity index (χ0) is 22.0. The molecule has 3 N–H and O–H groups in total. The number of carbonyl (C=O) groups excluding carboxylic acids is 2. The van der Waals surface area contributed by atoms with Crippen molar-refractivity contribution in [2.45, 2.75) is 51.9 Å². The van der Waals surface area contributed by atoms with Gasteiger partial charge in [-0.15, -0.1) is 0 Å². The Morgan fingerprint density at radius 3 is 2.47 bits per heavy atom. The van der Waals surface area contributed by atoms with Gasteiger partial charge in [0.2, 0.25) is 0 Å². The largest absolute Gasteiger partial charge is 0.445 e. The van der Waals surface area contributed by atoms with Crippen LogP contribution in [0.25, 0.3) is 0 Å². The van der Waals surface area contributed by atoms with Crippen LogP contribution in [0, 0.1) is 5.92 Å². The number of alkyl carbamates (subject to hydrolysis) is 1. The van der Waals surface area contributed by atoms with Crippen LogP contribution in [-0.2, 0) is 16.1 Å². The maximum absolute atomic E-state index is 12.1. The molecule has 1 aromatic rings. The van der Waals surface area contributed by atoms with Gasteiger partial charge in [0, 0.05) is 26.2 Å². The average molecular weight is 422 g/mol. The van der Waals surface area contributed by atoms with Crippen LogP contribution in [0.4, 0.5) is 9.59 Å². The molecule has 0 radical (unpaired) electrons. The lowest BCUT2D eigenvalue weighted by atomic mass is 9.97. The Hall–Kier alpha value is -2.32. The standard InChI is InChI=1S/C22H35N3O5/c1-22(2,3)30-21(28)25-11-9-17(10-12-25)13-23-14-19(26)15-24-20(27)29-16-18-7-5-4-6-8-18/h4-8,17,19,23,26H,9-16H2,1-3H3,(H,24,27). The van der Waals surface area contributed by atoms with Gasteiger partial charge in [-0.2, -0.15) is 0 Å². The Morgan fingerprint density at radius 2 is 1.83 bits per heavy atom. The zero-order valence-electron chi connectivity index (χ0n) is 18.2. The van der Waals surface area contributed by atoms with E-state index in [0.29, 0.717) is 25.6 Å². The first kappa shape index (κ1) is 24.0. The van der Waals surface area contributed by atoms with Crippen LogP contribution in [0.5, 0.6) is 0 Å². The fraction of sp³-hybridized carbons (Fsp3) is 0.636. The van der Waals surface area contributed by atoms with E-state index in [1.54, 1.807) is 4.90 Å². The van der Waals surface area contributed by atoms with Crippen LogP contribution >= 0.6 is 0 Å². The third-order valence-electron chi connectivity index (χ3n) is 4.77. The first-order chi connectivity index (χ1) is 14.2. The van der Waals surface area contributed by atoms with Crippen molar-refractivity contribution >= 4 is 12.2 Å². The molecule has 2 rings (SSSR count). The van der Waals surface area contributed by atoms with Gasteiger partial charge in [-0.05, 0) is 51.6 Å². The number of amides is 2. The normalized spacial score (nSPS) is 16.1. The van der Waals surface area contributed by atoms with Gasteiger partial charge in [0.25, 0.3) is 0 Å². The lowest BCUT2D eigenvalue weighted by Crippen LogP contribution is -2.44. The Bertz CT molecular complexity index is 654. The van der Waals surface area contributed by atoms with E-state index < -0.39 is 17.8 Å². The van der Waals surface area contributed by atoms with Crippen LogP contribution in [-0.4, -0.2) is 66.6 Å². The number of hydrogen-bond acceptors (Lipinski definition) is 6. The van der Waals surface area contributed by atoms with Crippen LogP contribution in [0.15, 0.2) is 30.3 Å². The summed E-state index contributed by atoms with van der Waals surface area (Å²) in [5.74, 6) is 0.444. The van der Waals surface area contributed by atoms with E-state index in [1.165, 1.54) is 0 Å². The van der Waals surface area contributed by atoms with Gasteiger partial charge in [-0.3, -0.25) is 0 Å². The molecule has 0 aliphatic carbocycles. The van der Waals surface area contributed by atoms with Crippen molar-refractivity contribution in [3.63, 3.8) is 0 Å². The number of hydrogen-bond donors (Lipinski definition) is 3. The highest BCUT2D eigenvalue weighted by Crippen LogP contribution is 2.19. The number of piperidine rings is 1. The van der Waals surface area contributed by atoms with Crippen LogP contribution in [0.1, 0.15) is 39.2 Å². The third kappa shape index (κ3) is 9.45. The minimum absolute atomic E-state index is 0.123. The van der Waals surface area contributed by atoms with Gasteiger partial charge in [0.15, 0.2) is 0 Å². The molecule has 1 aliphatic heterocycles. The molecule has 2 amide bonds. The molecule has 8 nitrogen and oxygen atoms in total.